The van der Waals surface area contributed by atoms with Crippen molar-refractivity contribution >= 4 is 0 Å². The fourth-order valence-corrected chi connectivity index (χ4v) is 1.95. The van der Waals surface area contributed by atoms with E-state index in [9.17, 15) is 0 Å². The summed E-state index contributed by atoms with van der Waals surface area (Å²) in [6.45, 7) is 9.71. The third-order valence-electron chi connectivity index (χ3n) is 2.95. The molecule has 0 amide bonds. The van der Waals surface area contributed by atoms with Gasteiger partial charge >= 0.3 is 0 Å². The summed E-state index contributed by atoms with van der Waals surface area (Å²) in [6, 6.07) is 6.08. The predicted molar refractivity (Wildman–Crippen MR) is 88.2 cm³/mol. The summed E-state index contributed by atoms with van der Waals surface area (Å²) >= 11 is 0. The van der Waals surface area contributed by atoms with E-state index >= 15 is 0 Å². The summed E-state index contributed by atoms with van der Waals surface area (Å²) < 4.78 is 11.2. The van der Waals surface area contributed by atoms with Crippen molar-refractivity contribution in [2.24, 2.45) is 0 Å². The van der Waals surface area contributed by atoms with E-state index in [1.807, 2.05) is 19.1 Å². The van der Waals surface area contributed by atoms with E-state index in [1.165, 1.54) is 5.56 Å². The molecule has 0 saturated carbocycles. The predicted octanol–water partition coefficient (Wildman–Crippen LogP) is 2.69. The van der Waals surface area contributed by atoms with E-state index < -0.39 is 0 Å². The van der Waals surface area contributed by atoms with Gasteiger partial charge in [0, 0.05) is 6.54 Å². The molecular formula is C17H28N2O2. The lowest BCUT2D eigenvalue weighted by molar-refractivity contribution is 0.296. The monoisotopic (exact) mass is 292 g/mol. The van der Waals surface area contributed by atoms with Crippen LogP contribution in [0.4, 0.5) is 0 Å². The maximum Gasteiger partial charge on any atom is 0.161 e. The molecule has 1 aromatic rings. The summed E-state index contributed by atoms with van der Waals surface area (Å²) in [5.41, 5.74) is 1.20. The molecule has 1 N–H and O–H groups in total. The summed E-state index contributed by atoms with van der Waals surface area (Å²) in [4.78, 5) is 2.20. The zero-order valence-corrected chi connectivity index (χ0v) is 13.5. The molecule has 0 aliphatic carbocycles. The summed E-state index contributed by atoms with van der Waals surface area (Å²) in [5.74, 6) is 1.57. The standard InChI is InChI=1S/C17H28N2O2/c1-5-12-21-16-9-8-15(13-17(16)20-6-2)14-18-10-7-11-19(3)4/h5,8-9,13,18H,1,6-7,10-12,14H2,2-4H3. The Morgan fingerprint density at radius 2 is 2.05 bits per heavy atom. The van der Waals surface area contributed by atoms with Gasteiger partial charge in [0.05, 0.1) is 6.61 Å². The van der Waals surface area contributed by atoms with Crippen LogP contribution in [0.25, 0.3) is 0 Å². The quantitative estimate of drug-likeness (QED) is 0.502. The van der Waals surface area contributed by atoms with Crippen molar-refractivity contribution in [3.63, 3.8) is 0 Å². The van der Waals surface area contributed by atoms with Crippen LogP contribution in [0.2, 0.25) is 0 Å². The molecule has 118 valence electrons. The molecular weight excluding hydrogens is 264 g/mol. The highest BCUT2D eigenvalue weighted by atomic mass is 16.5. The molecule has 1 rings (SSSR count). The number of nitrogens with one attached hydrogen (secondary N) is 1. The van der Waals surface area contributed by atoms with Crippen molar-refractivity contribution in [1.29, 1.82) is 0 Å². The molecule has 0 unspecified atom stereocenters. The van der Waals surface area contributed by atoms with E-state index in [-0.39, 0.29) is 0 Å². The number of hydrogen-bond acceptors (Lipinski definition) is 4. The number of ether oxygens (including phenoxy) is 2. The molecule has 0 aliphatic heterocycles. The molecule has 0 aliphatic rings. The first-order chi connectivity index (χ1) is 10.2. The minimum Gasteiger partial charge on any atom is -0.490 e. The van der Waals surface area contributed by atoms with Gasteiger partial charge in [0.1, 0.15) is 6.61 Å². The van der Waals surface area contributed by atoms with Gasteiger partial charge < -0.3 is 19.7 Å². The fraction of sp³-hybridized carbons (Fsp3) is 0.529. The smallest absolute Gasteiger partial charge is 0.161 e. The second kappa shape index (κ2) is 10.2. The first-order valence-corrected chi connectivity index (χ1v) is 7.52. The van der Waals surface area contributed by atoms with Crippen LogP contribution in [0, 0.1) is 0 Å². The van der Waals surface area contributed by atoms with Crippen LogP contribution in [0.1, 0.15) is 18.9 Å². The van der Waals surface area contributed by atoms with Crippen LogP contribution in [-0.2, 0) is 6.54 Å². The van der Waals surface area contributed by atoms with Crippen molar-refractivity contribution < 1.29 is 9.47 Å². The Balaban J connectivity index is 2.50. The van der Waals surface area contributed by atoms with Crippen LogP contribution in [0.5, 0.6) is 11.5 Å². The van der Waals surface area contributed by atoms with Crippen molar-refractivity contribution in [2.75, 3.05) is 40.4 Å². The average Bonchev–Trinajstić information content (AvgIpc) is 2.46. The summed E-state index contributed by atoms with van der Waals surface area (Å²) in [6.07, 6.45) is 2.88. The number of hydrogen-bond donors (Lipinski definition) is 1. The van der Waals surface area contributed by atoms with E-state index in [0.717, 1.165) is 37.6 Å². The largest absolute Gasteiger partial charge is 0.490 e. The van der Waals surface area contributed by atoms with Crippen LogP contribution in [0.3, 0.4) is 0 Å². The molecule has 0 bridgehead atoms. The zero-order valence-electron chi connectivity index (χ0n) is 13.5. The van der Waals surface area contributed by atoms with E-state index in [2.05, 4.69) is 37.0 Å². The maximum absolute atomic E-state index is 5.64. The number of rotatable bonds is 11. The second-order valence-corrected chi connectivity index (χ2v) is 5.15. The molecule has 4 heteroatoms. The Bertz CT molecular complexity index is 419. The van der Waals surface area contributed by atoms with Gasteiger partial charge in [-0.3, -0.25) is 0 Å². The minimum atomic E-state index is 0.488. The molecule has 0 atom stereocenters. The maximum atomic E-state index is 5.64. The SMILES string of the molecule is C=CCOc1ccc(CNCCCN(C)C)cc1OCC. The lowest BCUT2D eigenvalue weighted by Crippen LogP contribution is -2.21. The van der Waals surface area contributed by atoms with Gasteiger partial charge in [-0.1, -0.05) is 18.7 Å². The topological polar surface area (TPSA) is 33.7 Å². The Morgan fingerprint density at radius 3 is 2.71 bits per heavy atom. The van der Waals surface area contributed by atoms with Crippen LogP contribution < -0.4 is 14.8 Å². The Labute approximate surface area is 128 Å². The van der Waals surface area contributed by atoms with Gasteiger partial charge in [0.15, 0.2) is 11.5 Å². The first kappa shape index (κ1) is 17.5. The molecule has 4 nitrogen and oxygen atoms in total. The van der Waals surface area contributed by atoms with E-state index in [0.29, 0.717) is 13.2 Å². The van der Waals surface area contributed by atoms with E-state index in [1.54, 1.807) is 6.08 Å². The minimum absolute atomic E-state index is 0.488. The lowest BCUT2D eigenvalue weighted by atomic mass is 10.2. The normalized spacial score (nSPS) is 10.7. The van der Waals surface area contributed by atoms with Gasteiger partial charge in [0.2, 0.25) is 0 Å². The molecule has 0 spiro atoms. The second-order valence-electron chi connectivity index (χ2n) is 5.15. The molecule has 0 heterocycles. The van der Waals surface area contributed by atoms with Gasteiger partial charge in [-0.2, -0.15) is 0 Å². The third kappa shape index (κ3) is 7.16. The third-order valence-corrected chi connectivity index (χ3v) is 2.95. The van der Waals surface area contributed by atoms with Gasteiger partial charge in [0.25, 0.3) is 0 Å². The van der Waals surface area contributed by atoms with Crippen molar-refractivity contribution in [1.82, 2.24) is 10.2 Å². The fourth-order valence-electron chi connectivity index (χ4n) is 1.95. The highest BCUT2D eigenvalue weighted by Gasteiger charge is 2.06. The van der Waals surface area contributed by atoms with Gasteiger partial charge in [-0.05, 0) is 58.2 Å². The average molecular weight is 292 g/mol. The van der Waals surface area contributed by atoms with Gasteiger partial charge in [-0.25, -0.2) is 0 Å². The Hall–Kier alpha value is -1.52. The highest BCUT2D eigenvalue weighted by Crippen LogP contribution is 2.28. The Morgan fingerprint density at radius 1 is 1.24 bits per heavy atom. The number of nitrogens with zero attached hydrogens (tertiary/aromatic N) is 1. The van der Waals surface area contributed by atoms with Gasteiger partial charge in [-0.15, -0.1) is 0 Å². The molecule has 0 aromatic heterocycles. The molecule has 0 saturated heterocycles. The number of benzene rings is 1. The van der Waals surface area contributed by atoms with E-state index in [4.69, 9.17) is 9.47 Å². The van der Waals surface area contributed by atoms with Crippen LogP contribution >= 0.6 is 0 Å². The van der Waals surface area contributed by atoms with Crippen molar-refractivity contribution in [3.8, 4) is 11.5 Å². The zero-order chi connectivity index (χ0) is 15.5. The lowest BCUT2D eigenvalue weighted by Gasteiger charge is -2.13. The summed E-state index contributed by atoms with van der Waals surface area (Å²) in [5, 5.41) is 3.45. The molecule has 21 heavy (non-hydrogen) atoms. The molecule has 0 fully saturated rings. The Kier molecular flexibility index (Phi) is 8.55. The first-order valence-electron chi connectivity index (χ1n) is 7.52. The molecule has 1 aromatic carbocycles. The highest BCUT2D eigenvalue weighted by molar-refractivity contribution is 5.43. The van der Waals surface area contributed by atoms with Crippen LogP contribution in [-0.4, -0.2) is 45.3 Å². The van der Waals surface area contributed by atoms with Crippen molar-refractivity contribution in [3.05, 3.63) is 36.4 Å². The van der Waals surface area contributed by atoms with Crippen molar-refractivity contribution in [2.45, 2.75) is 19.9 Å². The van der Waals surface area contributed by atoms with Crippen LogP contribution in [0.15, 0.2) is 30.9 Å². The summed E-state index contributed by atoms with van der Waals surface area (Å²) in [7, 11) is 4.19. The molecule has 0 radical (unpaired) electrons.